The van der Waals surface area contributed by atoms with E-state index in [2.05, 4.69) is 25.2 Å². The Morgan fingerprint density at radius 3 is 2.57 bits per heavy atom. The molecule has 0 bridgehead atoms. The molecule has 2 aliphatic heterocycles. The van der Waals surface area contributed by atoms with Crippen molar-refractivity contribution in [2.45, 2.75) is 57.8 Å². The molecule has 2 heterocycles. The van der Waals surface area contributed by atoms with E-state index in [1.807, 2.05) is 23.1 Å². The second kappa shape index (κ2) is 6.06. The van der Waals surface area contributed by atoms with E-state index in [9.17, 15) is 4.79 Å². The fraction of sp³-hybridized carbons (Fsp3) is 0.588. The highest BCUT2D eigenvalue weighted by molar-refractivity contribution is 5.98. The first-order chi connectivity index (χ1) is 10.1. The Bertz CT molecular complexity index is 507. The molecule has 2 atom stereocenters. The molecule has 0 aromatic heterocycles. The summed E-state index contributed by atoms with van der Waals surface area (Å²) < 4.78 is 5.80. The van der Waals surface area contributed by atoms with Crippen LogP contribution in [0.1, 0.15) is 39.5 Å². The maximum absolute atomic E-state index is 12.0. The molecule has 2 aliphatic rings. The minimum absolute atomic E-state index is 0.234. The monoisotopic (exact) mass is 288 g/mol. The largest absolute Gasteiger partial charge is 0.380 e. The van der Waals surface area contributed by atoms with Gasteiger partial charge >= 0.3 is 0 Å². The fourth-order valence-electron chi connectivity index (χ4n) is 3.48. The van der Waals surface area contributed by atoms with Crippen LogP contribution in [0.5, 0.6) is 0 Å². The van der Waals surface area contributed by atoms with Gasteiger partial charge in [-0.05, 0) is 45.2 Å². The van der Waals surface area contributed by atoms with Crippen LogP contribution in [-0.4, -0.2) is 30.7 Å². The van der Waals surface area contributed by atoms with Crippen LogP contribution in [0.4, 0.5) is 11.4 Å². The third-order valence-electron chi connectivity index (χ3n) is 4.33. The Kier molecular flexibility index (Phi) is 4.15. The fourth-order valence-corrected chi connectivity index (χ4v) is 3.48. The van der Waals surface area contributed by atoms with Crippen molar-refractivity contribution >= 4 is 17.3 Å². The highest BCUT2D eigenvalue weighted by Crippen LogP contribution is 2.31. The minimum atomic E-state index is 0.234. The van der Waals surface area contributed by atoms with E-state index >= 15 is 0 Å². The number of para-hydroxylation sites is 2. The molecule has 21 heavy (non-hydrogen) atoms. The number of nitrogens with one attached hydrogen (secondary N) is 1. The summed E-state index contributed by atoms with van der Waals surface area (Å²) in [6, 6.07) is 8.55. The predicted octanol–water partition coefficient (Wildman–Crippen LogP) is 3.18. The molecule has 3 rings (SSSR count). The molecule has 2 unspecified atom stereocenters. The SMILES string of the molecule is CC1CC(Nc2ccccc2N2CCCC2=O)CC(C)O1. The lowest BCUT2D eigenvalue weighted by atomic mass is 9.99. The first kappa shape index (κ1) is 14.4. The Morgan fingerprint density at radius 2 is 1.90 bits per heavy atom. The van der Waals surface area contributed by atoms with E-state index in [1.54, 1.807) is 0 Å². The van der Waals surface area contributed by atoms with Crippen LogP contribution in [0.25, 0.3) is 0 Å². The molecule has 1 aromatic rings. The van der Waals surface area contributed by atoms with Crippen molar-refractivity contribution in [3.63, 3.8) is 0 Å². The number of carbonyl (C=O) groups is 1. The van der Waals surface area contributed by atoms with E-state index in [-0.39, 0.29) is 18.1 Å². The zero-order chi connectivity index (χ0) is 14.8. The second-order valence-corrected chi connectivity index (χ2v) is 6.24. The van der Waals surface area contributed by atoms with Gasteiger partial charge in [0, 0.05) is 19.0 Å². The van der Waals surface area contributed by atoms with Gasteiger partial charge in [0.1, 0.15) is 0 Å². The zero-order valence-corrected chi connectivity index (χ0v) is 12.8. The average Bonchev–Trinajstić information content (AvgIpc) is 2.84. The summed E-state index contributed by atoms with van der Waals surface area (Å²) in [6.45, 7) is 5.08. The number of carbonyl (C=O) groups excluding carboxylic acids is 1. The van der Waals surface area contributed by atoms with E-state index in [0.29, 0.717) is 12.5 Å². The standard InChI is InChI=1S/C17H24N2O2/c1-12-10-14(11-13(2)21-12)18-15-6-3-4-7-16(15)19-9-5-8-17(19)20/h3-4,6-7,12-14,18H,5,8-11H2,1-2H3. The van der Waals surface area contributed by atoms with Crippen molar-refractivity contribution in [3.05, 3.63) is 24.3 Å². The molecule has 0 saturated carbocycles. The summed E-state index contributed by atoms with van der Waals surface area (Å²) in [5.41, 5.74) is 2.09. The third kappa shape index (κ3) is 3.21. The van der Waals surface area contributed by atoms with Crippen molar-refractivity contribution in [2.75, 3.05) is 16.8 Å². The van der Waals surface area contributed by atoms with E-state index in [1.165, 1.54) is 0 Å². The summed E-state index contributed by atoms with van der Waals surface area (Å²) in [4.78, 5) is 13.9. The van der Waals surface area contributed by atoms with Gasteiger partial charge in [-0.1, -0.05) is 12.1 Å². The molecule has 1 amide bonds. The molecule has 4 heteroatoms. The molecule has 1 aromatic carbocycles. The van der Waals surface area contributed by atoms with Gasteiger partial charge in [0.2, 0.25) is 5.91 Å². The van der Waals surface area contributed by atoms with Crippen molar-refractivity contribution in [1.29, 1.82) is 0 Å². The summed E-state index contributed by atoms with van der Waals surface area (Å²) in [6.07, 6.45) is 4.20. The Labute approximate surface area is 126 Å². The van der Waals surface area contributed by atoms with Crippen LogP contribution < -0.4 is 10.2 Å². The molecule has 4 nitrogen and oxygen atoms in total. The van der Waals surface area contributed by atoms with Crippen LogP contribution in [0.15, 0.2) is 24.3 Å². The average molecular weight is 288 g/mol. The molecule has 2 fully saturated rings. The maximum atomic E-state index is 12.0. The van der Waals surface area contributed by atoms with Crippen LogP contribution in [0, 0.1) is 0 Å². The number of amides is 1. The zero-order valence-electron chi connectivity index (χ0n) is 12.8. The topological polar surface area (TPSA) is 41.6 Å². The number of nitrogens with zero attached hydrogens (tertiary/aromatic N) is 1. The van der Waals surface area contributed by atoms with Crippen molar-refractivity contribution in [1.82, 2.24) is 0 Å². The lowest BCUT2D eigenvalue weighted by molar-refractivity contribution is -0.117. The lowest BCUT2D eigenvalue weighted by Gasteiger charge is -2.34. The first-order valence-electron chi connectivity index (χ1n) is 7.95. The van der Waals surface area contributed by atoms with Gasteiger partial charge < -0.3 is 15.0 Å². The van der Waals surface area contributed by atoms with Gasteiger partial charge in [-0.2, -0.15) is 0 Å². The highest BCUT2D eigenvalue weighted by Gasteiger charge is 2.27. The Hall–Kier alpha value is -1.55. The number of hydrogen-bond acceptors (Lipinski definition) is 3. The van der Waals surface area contributed by atoms with Gasteiger partial charge in [-0.15, -0.1) is 0 Å². The first-order valence-corrected chi connectivity index (χ1v) is 7.95. The summed E-state index contributed by atoms with van der Waals surface area (Å²) in [5, 5.41) is 3.63. The highest BCUT2D eigenvalue weighted by atomic mass is 16.5. The molecule has 2 saturated heterocycles. The molecular formula is C17H24N2O2. The molecule has 114 valence electrons. The molecule has 0 spiro atoms. The van der Waals surface area contributed by atoms with Gasteiger partial charge in [-0.3, -0.25) is 4.79 Å². The summed E-state index contributed by atoms with van der Waals surface area (Å²) in [5.74, 6) is 0.234. The third-order valence-corrected chi connectivity index (χ3v) is 4.33. The van der Waals surface area contributed by atoms with Crippen molar-refractivity contribution in [2.24, 2.45) is 0 Å². The number of hydrogen-bond donors (Lipinski definition) is 1. The predicted molar refractivity (Wildman–Crippen MR) is 84.7 cm³/mol. The molecule has 0 radical (unpaired) electrons. The molecule has 1 N–H and O–H groups in total. The van der Waals surface area contributed by atoms with Crippen LogP contribution in [0.3, 0.4) is 0 Å². The van der Waals surface area contributed by atoms with Crippen LogP contribution in [0.2, 0.25) is 0 Å². The number of rotatable bonds is 3. The number of benzene rings is 1. The molecule has 0 aliphatic carbocycles. The van der Waals surface area contributed by atoms with Crippen molar-refractivity contribution in [3.8, 4) is 0 Å². The van der Waals surface area contributed by atoms with Gasteiger partial charge in [0.25, 0.3) is 0 Å². The van der Waals surface area contributed by atoms with E-state index < -0.39 is 0 Å². The Morgan fingerprint density at radius 1 is 1.19 bits per heavy atom. The van der Waals surface area contributed by atoms with Gasteiger partial charge in [0.05, 0.1) is 23.6 Å². The van der Waals surface area contributed by atoms with Crippen molar-refractivity contribution < 1.29 is 9.53 Å². The summed E-state index contributed by atoms with van der Waals surface area (Å²) >= 11 is 0. The second-order valence-electron chi connectivity index (χ2n) is 6.24. The maximum Gasteiger partial charge on any atom is 0.227 e. The van der Waals surface area contributed by atoms with Crippen LogP contribution in [-0.2, 0) is 9.53 Å². The van der Waals surface area contributed by atoms with Gasteiger partial charge in [-0.25, -0.2) is 0 Å². The normalized spacial score (nSPS) is 29.7. The summed E-state index contributed by atoms with van der Waals surface area (Å²) in [7, 11) is 0. The number of anilines is 2. The lowest BCUT2D eigenvalue weighted by Crippen LogP contribution is -2.37. The Balaban J connectivity index is 1.77. The quantitative estimate of drug-likeness (QED) is 0.928. The molecular weight excluding hydrogens is 264 g/mol. The number of ether oxygens (including phenoxy) is 1. The minimum Gasteiger partial charge on any atom is -0.380 e. The van der Waals surface area contributed by atoms with Crippen LogP contribution >= 0.6 is 0 Å². The van der Waals surface area contributed by atoms with E-state index in [4.69, 9.17) is 4.74 Å². The smallest absolute Gasteiger partial charge is 0.227 e. The van der Waals surface area contributed by atoms with Gasteiger partial charge in [0.15, 0.2) is 0 Å². The van der Waals surface area contributed by atoms with E-state index in [0.717, 1.165) is 37.2 Å².